The van der Waals surface area contributed by atoms with E-state index in [1.807, 2.05) is 12.1 Å². The number of hydrogen-bond donors (Lipinski definition) is 1. The van der Waals surface area contributed by atoms with E-state index in [-0.39, 0.29) is 12.3 Å². The quantitative estimate of drug-likeness (QED) is 0.780. The van der Waals surface area contributed by atoms with Crippen molar-refractivity contribution in [2.24, 2.45) is 0 Å². The number of amides is 1. The molecule has 1 aromatic heterocycles. The Bertz CT molecular complexity index is 802. The molecule has 122 valence electrons. The molecule has 0 atom stereocenters. The van der Waals surface area contributed by atoms with E-state index in [0.717, 1.165) is 0 Å². The number of thiophene rings is 1. The van der Waals surface area contributed by atoms with Crippen molar-refractivity contribution < 1.29 is 14.3 Å². The summed E-state index contributed by atoms with van der Waals surface area (Å²) >= 11 is 1.32. The number of methoxy groups -OCH3 is 1. The lowest BCUT2D eigenvalue weighted by molar-refractivity contribution is -0.116. The van der Waals surface area contributed by atoms with E-state index in [9.17, 15) is 4.79 Å². The van der Waals surface area contributed by atoms with Crippen LogP contribution in [0.1, 0.15) is 24.0 Å². The molecular formula is C17H15N3O3S. The summed E-state index contributed by atoms with van der Waals surface area (Å²) in [6, 6.07) is 10.6. The third-order valence-electron chi connectivity index (χ3n) is 3.14. The number of nitrogens with zero attached hydrogens (tertiary/aromatic N) is 2. The van der Waals surface area contributed by atoms with Gasteiger partial charge in [-0.1, -0.05) is 0 Å². The molecule has 1 heterocycles. The molecule has 0 bridgehead atoms. The minimum absolute atomic E-state index is 0.163. The molecule has 24 heavy (non-hydrogen) atoms. The normalized spacial score (nSPS) is 9.62. The predicted molar refractivity (Wildman–Crippen MR) is 90.1 cm³/mol. The molecule has 0 saturated carbocycles. The third-order valence-corrected chi connectivity index (χ3v) is 3.97. The highest BCUT2D eigenvalue weighted by Crippen LogP contribution is 2.28. The Hall–Kier alpha value is -3.03. The van der Waals surface area contributed by atoms with Crippen molar-refractivity contribution in [3.63, 3.8) is 0 Å². The van der Waals surface area contributed by atoms with Crippen molar-refractivity contribution in [2.75, 3.05) is 19.0 Å². The minimum atomic E-state index is -0.163. The van der Waals surface area contributed by atoms with Crippen molar-refractivity contribution in [1.82, 2.24) is 0 Å². The molecule has 1 N–H and O–H groups in total. The SMILES string of the molecule is COc1cc(C#N)ccc1OCCCC(=O)Nc1sccc1C#N. The Kier molecular flexibility index (Phi) is 6.18. The number of nitrogens with one attached hydrogen (secondary N) is 1. The van der Waals surface area contributed by atoms with E-state index < -0.39 is 0 Å². The van der Waals surface area contributed by atoms with E-state index in [1.165, 1.54) is 18.4 Å². The Labute approximate surface area is 143 Å². The first-order chi connectivity index (χ1) is 11.7. The summed E-state index contributed by atoms with van der Waals surface area (Å²) in [5.74, 6) is 0.849. The largest absolute Gasteiger partial charge is 0.493 e. The van der Waals surface area contributed by atoms with E-state index >= 15 is 0 Å². The van der Waals surface area contributed by atoms with Gasteiger partial charge in [-0.2, -0.15) is 10.5 Å². The first kappa shape index (κ1) is 17.3. The summed E-state index contributed by atoms with van der Waals surface area (Å²) in [4.78, 5) is 11.9. The highest BCUT2D eigenvalue weighted by atomic mass is 32.1. The average Bonchev–Trinajstić information content (AvgIpc) is 3.05. The Balaban J connectivity index is 1.80. The molecule has 6 nitrogen and oxygen atoms in total. The smallest absolute Gasteiger partial charge is 0.225 e. The Morgan fingerprint density at radius 3 is 2.79 bits per heavy atom. The van der Waals surface area contributed by atoms with Crippen molar-refractivity contribution in [3.05, 3.63) is 40.8 Å². The number of anilines is 1. The van der Waals surface area contributed by atoms with Crippen molar-refractivity contribution >= 4 is 22.2 Å². The van der Waals surface area contributed by atoms with Gasteiger partial charge in [0.25, 0.3) is 0 Å². The van der Waals surface area contributed by atoms with Crippen LogP contribution in [0.5, 0.6) is 11.5 Å². The van der Waals surface area contributed by atoms with E-state index in [2.05, 4.69) is 5.32 Å². The highest BCUT2D eigenvalue weighted by Gasteiger charge is 2.09. The molecule has 0 radical (unpaired) electrons. The molecule has 2 aromatic rings. The summed E-state index contributed by atoms with van der Waals surface area (Å²) in [5, 5.41) is 22.8. The van der Waals surface area contributed by atoms with Crippen LogP contribution in [0.4, 0.5) is 5.00 Å². The van der Waals surface area contributed by atoms with Gasteiger partial charge in [-0.3, -0.25) is 4.79 Å². The first-order valence-corrected chi connectivity index (χ1v) is 8.04. The molecule has 0 fully saturated rings. The van der Waals surface area contributed by atoms with Gasteiger partial charge in [0, 0.05) is 12.5 Å². The third kappa shape index (κ3) is 4.48. The van der Waals surface area contributed by atoms with Crippen LogP contribution in [0.25, 0.3) is 0 Å². The predicted octanol–water partition coefficient (Wildman–Crippen LogP) is 3.30. The monoisotopic (exact) mass is 341 g/mol. The van der Waals surface area contributed by atoms with Crippen LogP contribution in [0, 0.1) is 22.7 Å². The number of ether oxygens (including phenoxy) is 2. The zero-order valence-corrected chi connectivity index (χ0v) is 13.9. The molecule has 0 aliphatic carbocycles. The maximum absolute atomic E-state index is 11.9. The zero-order chi connectivity index (χ0) is 17.4. The van der Waals surface area contributed by atoms with Crippen molar-refractivity contribution in [3.8, 4) is 23.6 Å². The van der Waals surface area contributed by atoms with Crippen LogP contribution < -0.4 is 14.8 Å². The second-order valence-corrected chi connectivity index (χ2v) is 5.67. The zero-order valence-electron chi connectivity index (χ0n) is 13.0. The summed E-state index contributed by atoms with van der Waals surface area (Å²) in [6.07, 6.45) is 0.795. The summed E-state index contributed by atoms with van der Waals surface area (Å²) in [6.45, 7) is 0.339. The van der Waals surface area contributed by atoms with Gasteiger partial charge in [-0.05, 0) is 30.0 Å². The summed E-state index contributed by atoms with van der Waals surface area (Å²) in [5.41, 5.74) is 0.953. The molecule has 7 heteroatoms. The topological polar surface area (TPSA) is 95.1 Å². The molecule has 0 unspecified atom stereocenters. The van der Waals surface area contributed by atoms with E-state index in [0.29, 0.717) is 40.7 Å². The van der Waals surface area contributed by atoms with Gasteiger partial charge in [0.1, 0.15) is 11.1 Å². The maximum Gasteiger partial charge on any atom is 0.225 e. The summed E-state index contributed by atoms with van der Waals surface area (Å²) in [7, 11) is 1.50. The number of carbonyl (C=O) groups excluding carboxylic acids is 1. The molecule has 1 aromatic carbocycles. The van der Waals surface area contributed by atoms with E-state index in [1.54, 1.807) is 29.6 Å². The Morgan fingerprint density at radius 1 is 1.25 bits per heavy atom. The van der Waals surface area contributed by atoms with Crippen LogP contribution in [0.15, 0.2) is 29.6 Å². The van der Waals surface area contributed by atoms with Gasteiger partial charge >= 0.3 is 0 Å². The fraction of sp³-hybridized carbons (Fsp3) is 0.235. The number of benzene rings is 1. The molecule has 0 aliphatic rings. The van der Waals surface area contributed by atoms with Crippen molar-refractivity contribution in [1.29, 1.82) is 10.5 Å². The van der Waals surface area contributed by atoms with Crippen LogP contribution in [0.3, 0.4) is 0 Å². The fourth-order valence-corrected chi connectivity index (χ4v) is 2.71. The Morgan fingerprint density at radius 2 is 2.08 bits per heavy atom. The minimum Gasteiger partial charge on any atom is -0.493 e. The second-order valence-electron chi connectivity index (χ2n) is 4.75. The number of nitriles is 2. The van der Waals surface area contributed by atoms with E-state index in [4.69, 9.17) is 20.0 Å². The second kappa shape index (κ2) is 8.56. The van der Waals surface area contributed by atoms with Gasteiger partial charge in [-0.15, -0.1) is 11.3 Å². The first-order valence-electron chi connectivity index (χ1n) is 7.16. The fourth-order valence-electron chi connectivity index (χ4n) is 1.95. The van der Waals surface area contributed by atoms with Crippen LogP contribution in [-0.4, -0.2) is 19.6 Å². The van der Waals surface area contributed by atoms with Gasteiger partial charge < -0.3 is 14.8 Å². The molecule has 0 aliphatic heterocycles. The highest BCUT2D eigenvalue weighted by molar-refractivity contribution is 7.14. The summed E-state index contributed by atoms with van der Waals surface area (Å²) < 4.78 is 10.8. The number of hydrogen-bond acceptors (Lipinski definition) is 6. The van der Waals surface area contributed by atoms with Gasteiger partial charge in [-0.25, -0.2) is 0 Å². The van der Waals surface area contributed by atoms with Crippen LogP contribution in [-0.2, 0) is 4.79 Å². The molecule has 1 amide bonds. The van der Waals surface area contributed by atoms with Gasteiger partial charge in [0.05, 0.1) is 30.9 Å². The lowest BCUT2D eigenvalue weighted by Crippen LogP contribution is -2.12. The molecular weight excluding hydrogens is 326 g/mol. The van der Waals surface area contributed by atoms with Gasteiger partial charge in [0.2, 0.25) is 5.91 Å². The van der Waals surface area contributed by atoms with Gasteiger partial charge in [0.15, 0.2) is 11.5 Å². The maximum atomic E-state index is 11.9. The standard InChI is InChI=1S/C17H15N3O3S/c1-22-15-9-12(10-18)4-5-14(15)23-7-2-3-16(21)20-17-13(11-19)6-8-24-17/h4-6,8-9H,2-3,7H2,1H3,(H,20,21). The number of rotatable bonds is 7. The molecule has 0 spiro atoms. The van der Waals surface area contributed by atoms with Crippen LogP contribution in [0.2, 0.25) is 0 Å². The van der Waals surface area contributed by atoms with Crippen LogP contribution >= 0.6 is 11.3 Å². The molecule has 0 saturated heterocycles. The lowest BCUT2D eigenvalue weighted by Gasteiger charge is -2.10. The van der Waals surface area contributed by atoms with Crippen molar-refractivity contribution in [2.45, 2.75) is 12.8 Å². The average molecular weight is 341 g/mol. The number of carbonyl (C=O) groups is 1. The lowest BCUT2D eigenvalue weighted by atomic mass is 10.2. The molecule has 2 rings (SSSR count).